The second-order valence-corrected chi connectivity index (χ2v) is 16.3. The number of hydrogen-bond donors (Lipinski definition) is 3. The average Bonchev–Trinajstić information content (AvgIpc) is 3.97. The minimum atomic E-state index is -0.856. The van der Waals surface area contributed by atoms with Gasteiger partial charge in [-0.05, 0) is 43.2 Å². The molecule has 5 heterocycles. The van der Waals surface area contributed by atoms with Crippen LogP contribution in [0.2, 0.25) is 0 Å². The second kappa shape index (κ2) is 15.8. The van der Waals surface area contributed by atoms with Crippen molar-refractivity contribution in [1.29, 1.82) is 0 Å². The molecule has 0 aliphatic carbocycles. The van der Waals surface area contributed by atoms with Crippen LogP contribution in [0.1, 0.15) is 44.7 Å². The van der Waals surface area contributed by atoms with Crippen molar-refractivity contribution in [3.8, 4) is 0 Å². The topological polar surface area (TPSA) is 154 Å². The standard InChI is InChI=1S/C38H45N7O5S2/c1-21(2)30-37-42-28(20-52-37)32(46)39-25(17-23-11-6-4-7-12-23)36-41-27(19-51-36)33(47)40-26(18-24-13-8-5-9-14-24)38(49)45-16-10-15-29(45)35-44-31(22(3)50-35)34(48)43-30/h4-9,11-14,21-22,25-31H,10,15-20H2,1-3H3,(H,39,46)(H,40,47)(H,43,48)/t22-,25-,26+,27+,28+,29+,30-,31+/m1/s1. The van der Waals surface area contributed by atoms with E-state index in [4.69, 9.17) is 19.7 Å². The number of ether oxygens (including phenoxy) is 1. The number of nitrogens with one attached hydrogen (secondary N) is 3. The van der Waals surface area contributed by atoms with Gasteiger partial charge in [0.1, 0.15) is 30.3 Å². The number of fused-ring (bicyclic) bond motifs is 5. The first-order valence-electron chi connectivity index (χ1n) is 18.1. The van der Waals surface area contributed by atoms with Crippen LogP contribution >= 0.6 is 23.5 Å². The molecule has 5 aliphatic rings. The Kier molecular flexibility index (Phi) is 11.0. The lowest BCUT2D eigenvalue weighted by molar-refractivity contribution is -0.136. The molecule has 0 unspecified atom stereocenters. The van der Waals surface area contributed by atoms with E-state index in [9.17, 15) is 19.2 Å². The smallest absolute Gasteiger partial charge is 0.249 e. The van der Waals surface area contributed by atoms with Crippen LogP contribution in [0.25, 0.3) is 0 Å². The molecular formula is C38H45N7O5S2. The van der Waals surface area contributed by atoms with Crippen molar-refractivity contribution in [3.63, 3.8) is 0 Å². The van der Waals surface area contributed by atoms with Crippen molar-refractivity contribution in [3.05, 3.63) is 71.8 Å². The first-order valence-corrected chi connectivity index (χ1v) is 20.1. The summed E-state index contributed by atoms with van der Waals surface area (Å²) < 4.78 is 6.21. The predicted octanol–water partition coefficient (Wildman–Crippen LogP) is 2.80. The molecule has 0 saturated carbocycles. The van der Waals surface area contributed by atoms with Gasteiger partial charge in [-0.2, -0.15) is 0 Å². The molecule has 6 bridgehead atoms. The molecule has 4 amide bonds. The van der Waals surface area contributed by atoms with Crippen LogP contribution in [0.3, 0.4) is 0 Å². The molecule has 1 fully saturated rings. The van der Waals surface area contributed by atoms with Crippen LogP contribution < -0.4 is 16.0 Å². The Labute approximate surface area is 312 Å². The van der Waals surface area contributed by atoms with Gasteiger partial charge in [-0.3, -0.25) is 29.2 Å². The summed E-state index contributed by atoms with van der Waals surface area (Å²) >= 11 is 2.93. The van der Waals surface area contributed by atoms with Gasteiger partial charge in [0, 0.05) is 24.5 Å². The highest BCUT2D eigenvalue weighted by Crippen LogP contribution is 2.29. The summed E-state index contributed by atoms with van der Waals surface area (Å²) in [6.45, 7) is 6.31. The van der Waals surface area contributed by atoms with Gasteiger partial charge in [0.2, 0.25) is 29.5 Å². The zero-order valence-corrected chi connectivity index (χ0v) is 31.2. The fourth-order valence-corrected chi connectivity index (χ4v) is 9.62. The first kappa shape index (κ1) is 36.2. The molecule has 8 atom stereocenters. The zero-order chi connectivity index (χ0) is 36.4. The van der Waals surface area contributed by atoms with Gasteiger partial charge in [-0.25, -0.2) is 4.99 Å². The molecule has 12 nitrogen and oxygen atoms in total. The lowest BCUT2D eigenvalue weighted by Crippen LogP contribution is -2.54. The van der Waals surface area contributed by atoms with Crippen molar-refractivity contribution in [2.75, 3.05) is 18.1 Å². The maximum absolute atomic E-state index is 14.4. The van der Waals surface area contributed by atoms with Crippen LogP contribution in [0.4, 0.5) is 0 Å². The van der Waals surface area contributed by atoms with E-state index < -0.39 is 48.4 Å². The molecule has 7 rings (SSSR count). The van der Waals surface area contributed by atoms with E-state index in [2.05, 4.69) is 16.0 Å². The third-order valence-electron chi connectivity index (χ3n) is 10.1. The van der Waals surface area contributed by atoms with E-state index >= 15 is 0 Å². The minimum absolute atomic E-state index is 0.00114. The quantitative estimate of drug-likeness (QED) is 0.426. The Hall–Kier alpha value is -4.17. The summed E-state index contributed by atoms with van der Waals surface area (Å²) in [7, 11) is 0. The lowest BCUT2D eigenvalue weighted by Gasteiger charge is -2.29. The average molecular weight is 744 g/mol. The Morgan fingerprint density at radius 1 is 0.769 bits per heavy atom. The van der Waals surface area contributed by atoms with Crippen LogP contribution in [0, 0.1) is 5.92 Å². The normalized spacial score (nSPS) is 31.1. The summed E-state index contributed by atoms with van der Waals surface area (Å²) in [6.07, 6.45) is 1.63. The van der Waals surface area contributed by atoms with E-state index in [0.717, 1.165) is 17.5 Å². The minimum Gasteiger partial charge on any atom is -0.474 e. The zero-order valence-electron chi connectivity index (χ0n) is 29.6. The number of hydrogen-bond acceptors (Lipinski definition) is 10. The van der Waals surface area contributed by atoms with Crippen molar-refractivity contribution >= 4 is 63.1 Å². The van der Waals surface area contributed by atoms with E-state index in [1.807, 2.05) is 81.4 Å². The van der Waals surface area contributed by atoms with E-state index in [1.165, 1.54) is 23.5 Å². The SMILES string of the molecule is CC(C)[C@H]1NC(=O)[C@H]2N=C(O[C@@H]2C)[C@@H]2CCCN2C(=O)[C@H](Cc2ccccc2)NC(=O)[C@@H]2CSC(=N2)[C@@H](Cc2ccccc2)NC(=O)[C@@H]2CSC1=N2. The summed E-state index contributed by atoms with van der Waals surface area (Å²) in [5.41, 5.74) is 1.93. The van der Waals surface area contributed by atoms with Gasteiger partial charge >= 0.3 is 0 Å². The van der Waals surface area contributed by atoms with Crippen LogP contribution in [-0.4, -0.2) is 111 Å². The van der Waals surface area contributed by atoms with Gasteiger partial charge in [-0.15, -0.1) is 23.5 Å². The highest BCUT2D eigenvalue weighted by molar-refractivity contribution is 8.14. The van der Waals surface area contributed by atoms with Gasteiger partial charge in [0.15, 0.2) is 6.04 Å². The Morgan fingerprint density at radius 3 is 1.98 bits per heavy atom. The molecule has 52 heavy (non-hydrogen) atoms. The number of carbonyl (C=O) groups is 4. The molecule has 0 spiro atoms. The molecule has 2 aromatic rings. The number of benzene rings is 2. The van der Waals surface area contributed by atoms with Gasteiger partial charge in [-0.1, -0.05) is 74.5 Å². The third-order valence-corrected chi connectivity index (χ3v) is 12.4. The number of carbonyl (C=O) groups excluding carboxylic acids is 4. The van der Waals surface area contributed by atoms with Crippen LogP contribution in [0.5, 0.6) is 0 Å². The van der Waals surface area contributed by atoms with Gasteiger partial charge < -0.3 is 25.6 Å². The summed E-state index contributed by atoms with van der Waals surface area (Å²) in [5, 5.41) is 10.8. The highest BCUT2D eigenvalue weighted by Gasteiger charge is 2.44. The summed E-state index contributed by atoms with van der Waals surface area (Å²) in [5.74, 6) is 0.108. The predicted molar refractivity (Wildman–Crippen MR) is 205 cm³/mol. The number of rotatable bonds is 5. The number of thioether (sulfide) groups is 2. The molecule has 274 valence electrons. The molecule has 0 aromatic heterocycles. The molecule has 0 radical (unpaired) electrons. The molecule has 2 aromatic carbocycles. The summed E-state index contributed by atoms with van der Waals surface area (Å²) in [6, 6.07) is 15.1. The lowest BCUT2D eigenvalue weighted by atomic mass is 10.0. The van der Waals surface area contributed by atoms with E-state index in [0.29, 0.717) is 53.3 Å². The Morgan fingerprint density at radius 2 is 1.35 bits per heavy atom. The van der Waals surface area contributed by atoms with Crippen molar-refractivity contribution in [1.82, 2.24) is 20.9 Å². The largest absolute Gasteiger partial charge is 0.474 e. The fraction of sp³-hybridized carbons (Fsp3) is 0.500. The van der Waals surface area contributed by atoms with Crippen LogP contribution in [-0.2, 0) is 36.8 Å². The second-order valence-electron chi connectivity index (χ2n) is 14.2. The number of aliphatic imine (C=N–C) groups is 3. The Bertz CT molecular complexity index is 1770. The molecule has 5 aliphatic heterocycles. The molecule has 14 heteroatoms. The maximum Gasteiger partial charge on any atom is 0.249 e. The third kappa shape index (κ3) is 7.92. The molecule has 3 N–H and O–H groups in total. The first-order chi connectivity index (χ1) is 25.1. The highest BCUT2D eigenvalue weighted by atomic mass is 32.2. The van der Waals surface area contributed by atoms with E-state index in [1.54, 1.807) is 4.90 Å². The monoisotopic (exact) mass is 743 g/mol. The van der Waals surface area contributed by atoms with Gasteiger partial charge in [0.25, 0.3) is 0 Å². The maximum atomic E-state index is 14.4. The van der Waals surface area contributed by atoms with E-state index in [-0.39, 0.29) is 29.5 Å². The van der Waals surface area contributed by atoms with Crippen molar-refractivity contribution in [2.24, 2.45) is 20.9 Å². The summed E-state index contributed by atoms with van der Waals surface area (Å²) in [4.78, 5) is 72.2. The van der Waals surface area contributed by atoms with Gasteiger partial charge in [0.05, 0.1) is 22.2 Å². The van der Waals surface area contributed by atoms with Crippen LogP contribution in [0.15, 0.2) is 75.6 Å². The van der Waals surface area contributed by atoms with Crippen molar-refractivity contribution < 1.29 is 23.9 Å². The number of amides is 4. The number of nitrogens with zero attached hydrogens (tertiary/aromatic N) is 4. The fourth-order valence-electron chi connectivity index (χ4n) is 7.25. The molecule has 1 saturated heterocycles. The molecular weight excluding hydrogens is 699 g/mol. The Balaban J connectivity index is 1.24. The van der Waals surface area contributed by atoms with Crippen molar-refractivity contribution in [2.45, 2.75) is 94.9 Å².